The number of hydrogen-bond acceptors (Lipinski definition) is 3. The van der Waals surface area contributed by atoms with Crippen LogP contribution in [0.2, 0.25) is 0 Å². The van der Waals surface area contributed by atoms with E-state index in [1.807, 2.05) is 48.5 Å². The van der Waals surface area contributed by atoms with Gasteiger partial charge in [0.25, 0.3) is 5.91 Å². The summed E-state index contributed by atoms with van der Waals surface area (Å²) in [5.41, 5.74) is 4.94. The molecule has 1 aromatic heterocycles. The highest BCUT2D eigenvalue weighted by molar-refractivity contribution is 5.92. The first-order valence-corrected chi connectivity index (χ1v) is 8.67. The van der Waals surface area contributed by atoms with Gasteiger partial charge in [0, 0.05) is 20.1 Å². The van der Waals surface area contributed by atoms with Crippen molar-refractivity contribution in [3.05, 3.63) is 95.3 Å². The molecule has 1 amide bonds. The zero-order chi connectivity index (χ0) is 18.4. The van der Waals surface area contributed by atoms with E-state index in [0.717, 1.165) is 17.8 Å². The third-order valence-corrected chi connectivity index (χ3v) is 4.34. The fourth-order valence-corrected chi connectivity index (χ4v) is 2.76. The molecule has 0 unspecified atom stereocenters. The monoisotopic (exact) mass is 345 g/mol. The molecule has 0 bridgehead atoms. The van der Waals surface area contributed by atoms with E-state index in [1.54, 1.807) is 24.2 Å². The second-order valence-electron chi connectivity index (χ2n) is 6.36. The molecule has 0 spiro atoms. The summed E-state index contributed by atoms with van der Waals surface area (Å²) in [4.78, 5) is 18.5. The van der Waals surface area contributed by atoms with E-state index < -0.39 is 0 Å². The van der Waals surface area contributed by atoms with E-state index in [2.05, 4.69) is 29.4 Å². The first-order valence-electron chi connectivity index (χ1n) is 8.67. The highest BCUT2D eigenvalue weighted by Gasteiger charge is 2.13. The molecule has 0 atom stereocenters. The maximum absolute atomic E-state index is 12.5. The van der Waals surface area contributed by atoms with E-state index in [4.69, 9.17) is 0 Å². The molecular formula is C22H23N3O. The number of aryl methyl sites for hydroxylation is 1. The minimum Gasteiger partial charge on any atom is -0.380 e. The lowest BCUT2D eigenvalue weighted by atomic mass is 10.1. The molecule has 0 saturated heterocycles. The van der Waals surface area contributed by atoms with Gasteiger partial charge in [-0.1, -0.05) is 54.6 Å². The van der Waals surface area contributed by atoms with Gasteiger partial charge in [0.1, 0.15) is 5.69 Å². The Labute approximate surface area is 154 Å². The second kappa shape index (κ2) is 8.30. The average Bonchev–Trinajstić information content (AvgIpc) is 2.68. The Morgan fingerprint density at radius 1 is 1.00 bits per heavy atom. The standard InChI is InChI=1S/C22H23N3O/c1-17-8-6-7-11-19(17)14-23-20-12-13-21(24-15-20)22(26)25(2)16-18-9-4-3-5-10-18/h3-13,15,23H,14,16H2,1-2H3. The fraction of sp³-hybridized carbons (Fsp3) is 0.182. The number of carbonyl (C=O) groups excluding carboxylic acids is 1. The fourth-order valence-electron chi connectivity index (χ4n) is 2.76. The van der Waals surface area contributed by atoms with Crippen molar-refractivity contribution < 1.29 is 4.79 Å². The van der Waals surface area contributed by atoms with Crippen LogP contribution >= 0.6 is 0 Å². The van der Waals surface area contributed by atoms with Crippen LogP contribution < -0.4 is 5.32 Å². The van der Waals surface area contributed by atoms with Gasteiger partial charge in [-0.05, 0) is 35.7 Å². The lowest BCUT2D eigenvalue weighted by Crippen LogP contribution is -2.26. The summed E-state index contributed by atoms with van der Waals surface area (Å²) in [6, 6.07) is 21.9. The molecule has 3 rings (SSSR count). The molecule has 4 nitrogen and oxygen atoms in total. The molecule has 2 aromatic carbocycles. The van der Waals surface area contributed by atoms with E-state index >= 15 is 0 Å². The van der Waals surface area contributed by atoms with Gasteiger partial charge < -0.3 is 10.2 Å². The molecule has 132 valence electrons. The van der Waals surface area contributed by atoms with Gasteiger partial charge in [-0.15, -0.1) is 0 Å². The number of rotatable bonds is 6. The lowest BCUT2D eigenvalue weighted by molar-refractivity contribution is 0.0779. The Morgan fingerprint density at radius 3 is 2.42 bits per heavy atom. The van der Waals surface area contributed by atoms with Crippen molar-refractivity contribution >= 4 is 11.6 Å². The lowest BCUT2D eigenvalue weighted by Gasteiger charge is -2.17. The van der Waals surface area contributed by atoms with Crippen molar-refractivity contribution in [2.24, 2.45) is 0 Å². The molecular weight excluding hydrogens is 322 g/mol. The van der Waals surface area contributed by atoms with Gasteiger partial charge in [0.15, 0.2) is 0 Å². The average molecular weight is 345 g/mol. The van der Waals surface area contributed by atoms with Gasteiger partial charge in [-0.25, -0.2) is 4.98 Å². The molecule has 0 fully saturated rings. The summed E-state index contributed by atoms with van der Waals surface area (Å²) in [7, 11) is 1.79. The zero-order valence-corrected chi connectivity index (χ0v) is 15.1. The van der Waals surface area contributed by atoms with Crippen LogP contribution in [0.5, 0.6) is 0 Å². The number of hydrogen-bond donors (Lipinski definition) is 1. The molecule has 1 heterocycles. The highest BCUT2D eigenvalue weighted by atomic mass is 16.2. The minimum atomic E-state index is -0.0840. The van der Waals surface area contributed by atoms with Crippen LogP contribution in [0.4, 0.5) is 5.69 Å². The Bertz CT molecular complexity index is 860. The molecule has 0 saturated carbocycles. The van der Waals surface area contributed by atoms with Crippen LogP contribution in [0.25, 0.3) is 0 Å². The number of benzene rings is 2. The van der Waals surface area contributed by atoms with E-state index in [0.29, 0.717) is 12.2 Å². The van der Waals surface area contributed by atoms with E-state index in [9.17, 15) is 4.79 Å². The van der Waals surface area contributed by atoms with E-state index in [1.165, 1.54) is 11.1 Å². The molecule has 26 heavy (non-hydrogen) atoms. The first kappa shape index (κ1) is 17.7. The number of amides is 1. The molecule has 1 N–H and O–H groups in total. The van der Waals surface area contributed by atoms with Gasteiger partial charge >= 0.3 is 0 Å². The van der Waals surface area contributed by atoms with Crippen LogP contribution in [0, 0.1) is 6.92 Å². The van der Waals surface area contributed by atoms with E-state index in [-0.39, 0.29) is 5.91 Å². The predicted molar refractivity (Wildman–Crippen MR) is 105 cm³/mol. The minimum absolute atomic E-state index is 0.0840. The van der Waals surface area contributed by atoms with Crippen LogP contribution in [0.15, 0.2) is 72.9 Å². The van der Waals surface area contributed by atoms with Gasteiger partial charge in [-0.2, -0.15) is 0 Å². The summed E-state index contributed by atoms with van der Waals surface area (Å²) in [5, 5.41) is 3.35. The van der Waals surface area contributed by atoms with Gasteiger partial charge in [-0.3, -0.25) is 4.79 Å². The van der Waals surface area contributed by atoms with Crippen LogP contribution in [-0.4, -0.2) is 22.8 Å². The molecule has 0 aliphatic heterocycles. The Hall–Kier alpha value is -3.14. The van der Waals surface area contributed by atoms with Gasteiger partial charge in [0.05, 0.1) is 11.9 Å². The van der Waals surface area contributed by atoms with Crippen molar-refractivity contribution in [2.75, 3.05) is 12.4 Å². The van der Waals surface area contributed by atoms with Crippen molar-refractivity contribution in [3.63, 3.8) is 0 Å². The smallest absolute Gasteiger partial charge is 0.272 e. The quantitative estimate of drug-likeness (QED) is 0.725. The Morgan fingerprint density at radius 2 is 1.73 bits per heavy atom. The summed E-state index contributed by atoms with van der Waals surface area (Å²) in [6.45, 7) is 3.39. The predicted octanol–water partition coefficient (Wildman–Crippen LogP) is 4.27. The third-order valence-electron chi connectivity index (χ3n) is 4.34. The van der Waals surface area contributed by atoms with Crippen LogP contribution in [-0.2, 0) is 13.1 Å². The van der Waals surface area contributed by atoms with Crippen molar-refractivity contribution in [3.8, 4) is 0 Å². The SMILES string of the molecule is Cc1ccccc1CNc1ccc(C(=O)N(C)Cc2ccccc2)nc1. The number of nitrogens with zero attached hydrogens (tertiary/aromatic N) is 2. The molecule has 3 aromatic rings. The molecule has 0 aliphatic carbocycles. The molecule has 0 radical (unpaired) electrons. The van der Waals surface area contributed by atoms with Crippen molar-refractivity contribution in [1.82, 2.24) is 9.88 Å². The summed E-state index contributed by atoms with van der Waals surface area (Å²) >= 11 is 0. The summed E-state index contributed by atoms with van der Waals surface area (Å²) < 4.78 is 0. The number of aromatic nitrogens is 1. The number of pyridine rings is 1. The topological polar surface area (TPSA) is 45.2 Å². The van der Waals surface area contributed by atoms with Crippen LogP contribution in [0.3, 0.4) is 0 Å². The molecule has 4 heteroatoms. The van der Waals surface area contributed by atoms with Gasteiger partial charge in [0.2, 0.25) is 0 Å². The third kappa shape index (κ3) is 4.48. The van der Waals surface area contributed by atoms with Crippen LogP contribution in [0.1, 0.15) is 27.2 Å². The zero-order valence-electron chi connectivity index (χ0n) is 15.1. The number of carbonyl (C=O) groups is 1. The maximum atomic E-state index is 12.5. The highest BCUT2D eigenvalue weighted by Crippen LogP contribution is 2.13. The Balaban J connectivity index is 1.60. The number of nitrogens with one attached hydrogen (secondary N) is 1. The maximum Gasteiger partial charge on any atom is 0.272 e. The van der Waals surface area contributed by atoms with Crippen molar-refractivity contribution in [2.45, 2.75) is 20.0 Å². The Kier molecular flexibility index (Phi) is 5.64. The summed E-state index contributed by atoms with van der Waals surface area (Å²) in [5.74, 6) is -0.0840. The normalized spacial score (nSPS) is 10.4. The second-order valence-corrected chi connectivity index (χ2v) is 6.36. The summed E-state index contributed by atoms with van der Waals surface area (Å²) in [6.07, 6.45) is 1.71. The number of anilines is 1. The largest absolute Gasteiger partial charge is 0.380 e. The first-order chi connectivity index (χ1) is 12.6. The molecule has 0 aliphatic rings. The van der Waals surface area contributed by atoms with Crippen molar-refractivity contribution in [1.29, 1.82) is 0 Å².